The molecule has 1 unspecified atom stereocenters. The van der Waals surface area contributed by atoms with Crippen LogP contribution in [0.1, 0.15) is 39.3 Å². The number of hydrogen-bond donors (Lipinski definition) is 0. The molecule has 0 N–H and O–H groups in total. The topological polar surface area (TPSA) is 38.8 Å². The maximum Gasteiger partial charge on any atom is 0.308 e. The summed E-state index contributed by atoms with van der Waals surface area (Å²) in [5.41, 5.74) is 0.819. The van der Waals surface area contributed by atoms with Gasteiger partial charge in [0.2, 0.25) is 0 Å². The first-order valence-electron chi connectivity index (χ1n) is 8.56. The molecule has 1 atom stereocenters. The van der Waals surface area contributed by atoms with Crippen molar-refractivity contribution in [3.8, 4) is 17.2 Å². The second-order valence-corrected chi connectivity index (χ2v) is 6.60. The number of hydrogen-bond acceptors (Lipinski definition) is 4. The van der Waals surface area contributed by atoms with Crippen LogP contribution < -0.4 is 9.47 Å². The number of ether oxygens (including phenoxy) is 2. The van der Waals surface area contributed by atoms with E-state index in [-0.39, 0.29) is 6.04 Å². The van der Waals surface area contributed by atoms with E-state index in [0.717, 1.165) is 18.7 Å². The number of carbonyl (C=O) groups is 1. The Kier molecular flexibility index (Phi) is 7.33. The van der Waals surface area contributed by atoms with Crippen molar-refractivity contribution in [1.82, 2.24) is 4.90 Å². The fourth-order valence-electron chi connectivity index (χ4n) is 2.86. The van der Waals surface area contributed by atoms with Crippen LogP contribution >= 0.6 is 23.2 Å². The van der Waals surface area contributed by atoms with Crippen LogP contribution in [-0.2, 0) is 4.79 Å². The summed E-state index contributed by atoms with van der Waals surface area (Å²) in [6, 6.07) is 10.5. The summed E-state index contributed by atoms with van der Waals surface area (Å²) in [4.78, 5) is 13.5. The largest absolute Gasteiger partial charge is 0.452 e. The third-order valence-corrected chi connectivity index (χ3v) is 4.91. The van der Waals surface area contributed by atoms with Crippen molar-refractivity contribution in [3.63, 3.8) is 0 Å². The molecule has 0 heterocycles. The Bertz CT molecular complexity index is 776. The van der Waals surface area contributed by atoms with Gasteiger partial charge in [-0.3, -0.25) is 9.69 Å². The molecule has 0 saturated carbocycles. The van der Waals surface area contributed by atoms with Crippen LogP contribution in [0.3, 0.4) is 0 Å². The predicted octanol–water partition coefficient (Wildman–Crippen LogP) is 6.11. The molecule has 0 fully saturated rings. The highest BCUT2D eigenvalue weighted by Crippen LogP contribution is 2.42. The van der Waals surface area contributed by atoms with Crippen molar-refractivity contribution in [3.05, 3.63) is 52.0 Å². The van der Waals surface area contributed by atoms with Crippen molar-refractivity contribution >= 4 is 29.2 Å². The summed E-state index contributed by atoms with van der Waals surface area (Å²) in [5.74, 6) is 0.793. The summed E-state index contributed by atoms with van der Waals surface area (Å²) < 4.78 is 11.1. The van der Waals surface area contributed by atoms with E-state index in [1.54, 1.807) is 36.4 Å². The standard InChI is InChI=1S/C20H23Cl2NO3/c1-5-23(6-2)13(3)19-15(21)11-12-18(20(19)22)26-17-10-8-7-9-16(17)25-14(4)24/h7-13H,5-6H2,1-4H3. The molecule has 0 amide bonds. The molecule has 0 bridgehead atoms. The van der Waals surface area contributed by atoms with Gasteiger partial charge in [0, 0.05) is 23.6 Å². The van der Waals surface area contributed by atoms with E-state index in [4.69, 9.17) is 32.7 Å². The minimum Gasteiger partial charge on any atom is -0.452 e. The molecule has 0 saturated heterocycles. The molecule has 140 valence electrons. The predicted molar refractivity (Wildman–Crippen MR) is 106 cm³/mol. The van der Waals surface area contributed by atoms with Crippen LogP contribution in [0, 0.1) is 0 Å². The van der Waals surface area contributed by atoms with E-state index in [9.17, 15) is 4.79 Å². The summed E-state index contributed by atoms with van der Waals surface area (Å²) >= 11 is 13.1. The molecule has 2 rings (SSSR count). The lowest BCUT2D eigenvalue weighted by Gasteiger charge is -2.28. The number of benzene rings is 2. The van der Waals surface area contributed by atoms with Gasteiger partial charge in [0.1, 0.15) is 5.75 Å². The van der Waals surface area contributed by atoms with Crippen LogP contribution in [0.2, 0.25) is 10.0 Å². The maximum absolute atomic E-state index is 11.3. The van der Waals surface area contributed by atoms with Gasteiger partial charge in [-0.15, -0.1) is 0 Å². The number of para-hydroxylation sites is 2. The van der Waals surface area contributed by atoms with Crippen molar-refractivity contribution in [2.75, 3.05) is 13.1 Å². The molecular formula is C20H23Cl2NO3. The first kappa shape index (κ1) is 20.6. The third kappa shape index (κ3) is 4.70. The molecular weight excluding hydrogens is 373 g/mol. The Morgan fingerprint density at radius 2 is 1.65 bits per heavy atom. The molecule has 0 aliphatic carbocycles. The molecule has 4 nitrogen and oxygen atoms in total. The third-order valence-electron chi connectivity index (χ3n) is 4.19. The average Bonchev–Trinajstić information content (AvgIpc) is 2.59. The first-order chi connectivity index (χ1) is 12.4. The summed E-state index contributed by atoms with van der Waals surface area (Å²) in [6.45, 7) is 9.36. The number of esters is 1. The van der Waals surface area contributed by atoms with Gasteiger partial charge < -0.3 is 9.47 Å². The number of halogens is 2. The van der Waals surface area contributed by atoms with Crippen molar-refractivity contribution in [2.45, 2.75) is 33.7 Å². The fraction of sp³-hybridized carbons (Fsp3) is 0.350. The zero-order chi connectivity index (χ0) is 19.3. The maximum atomic E-state index is 11.3. The average molecular weight is 396 g/mol. The van der Waals surface area contributed by atoms with Gasteiger partial charge in [0.25, 0.3) is 0 Å². The van der Waals surface area contributed by atoms with Gasteiger partial charge in [-0.05, 0) is 44.3 Å². The molecule has 26 heavy (non-hydrogen) atoms. The lowest BCUT2D eigenvalue weighted by Crippen LogP contribution is -2.26. The number of carbonyl (C=O) groups excluding carboxylic acids is 1. The van der Waals surface area contributed by atoms with Gasteiger partial charge in [-0.2, -0.15) is 0 Å². The van der Waals surface area contributed by atoms with Crippen LogP contribution in [0.15, 0.2) is 36.4 Å². The Morgan fingerprint density at radius 3 is 2.23 bits per heavy atom. The molecule has 2 aromatic rings. The van der Waals surface area contributed by atoms with E-state index in [2.05, 4.69) is 25.7 Å². The van der Waals surface area contributed by atoms with Gasteiger partial charge in [-0.25, -0.2) is 0 Å². The Hall–Kier alpha value is -1.75. The molecule has 2 aromatic carbocycles. The Morgan fingerprint density at radius 1 is 1.04 bits per heavy atom. The lowest BCUT2D eigenvalue weighted by atomic mass is 10.1. The monoisotopic (exact) mass is 395 g/mol. The normalized spacial score (nSPS) is 12.1. The second-order valence-electron chi connectivity index (χ2n) is 5.81. The Balaban J connectivity index is 2.41. The van der Waals surface area contributed by atoms with E-state index >= 15 is 0 Å². The highest BCUT2D eigenvalue weighted by atomic mass is 35.5. The summed E-state index contributed by atoms with van der Waals surface area (Å²) in [5, 5.41) is 1.05. The van der Waals surface area contributed by atoms with Gasteiger partial charge in [-0.1, -0.05) is 49.2 Å². The zero-order valence-electron chi connectivity index (χ0n) is 15.4. The van der Waals surface area contributed by atoms with Crippen molar-refractivity contribution in [1.29, 1.82) is 0 Å². The van der Waals surface area contributed by atoms with E-state index < -0.39 is 5.97 Å². The van der Waals surface area contributed by atoms with Crippen LogP contribution in [0.4, 0.5) is 0 Å². The van der Waals surface area contributed by atoms with Gasteiger partial charge in [0.15, 0.2) is 11.5 Å². The smallest absolute Gasteiger partial charge is 0.308 e. The summed E-state index contributed by atoms with van der Waals surface area (Å²) in [7, 11) is 0. The minimum atomic E-state index is -0.418. The van der Waals surface area contributed by atoms with Gasteiger partial charge in [0.05, 0.1) is 5.02 Å². The van der Waals surface area contributed by atoms with Crippen molar-refractivity contribution in [2.24, 2.45) is 0 Å². The van der Waals surface area contributed by atoms with E-state index in [1.165, 1.54) is 6.92 Å². The Labute approximate surface area is 164 Å². The van der Waals surface area contributed by atoms with E-state index in [0.29, 0.717) is 27.3 Å². The second kappa shape index (κ2) is 9.26. The molecule has 0 radical (unpaired) electrons. The molecule has 6 heteroatoms. The zero-order valence-corrected chi connectivity index (χ0v) is 16.9. The van der Waals surface area contributed by atoms with Crippen molar-refractivity contribution < 1.29 is 14.3 Å². The number of nitrogens with zero attached hydrogens (tertiary/aromatic N) is 1. The van der Waals surface area contributed by atoms with Crippen LogP contribution in [0.25, 0.3) is 0 Å². The lowest BCUT2D eigenvalue weighted by molar-refractivity contribution is -0.131. The molecule has 0 aliphatic rings. The highest BCUT2D eigenvalue weighted by Gasteiger charge is 2.22. The molecule has 0 aliphatic heterocycles. The van der Waals surface area contributed by atoms with Crippen LogP contribution in [-0.4, -0.2) is 24.0 Å². The SMILES string of the molecule is CCN(CC)C(C)c1c(Cl)ccc(Oc2ccccc2OC(C)=O)c1Cl. The molecule has 0 spiro atoms. The molecule has 0 aromatic heterocycles. The fourth-order valence-corrected chi connectivity index (χ4v) is 3.58. The summed E-state index contributed by atoms with van der Waals surface area (Å²) in [6.07, 6.45) is 0. The highest BCUT2D eigenvalue weighted by molar-refractivity contribution is 6.37. The number of rotatable bonds is 7. The van der Waals surface area contributed by atoms with Gasteiger partial charge >= 0.3 is 5.97 Å². The van der Waals surface area contributed by atoms with E-state index in [1.807, 2.05) is 0 Å². The quantitative estimate of drug-likeness (QED) is 0.418. The van der Waals surface area contributed by atoms with Crippen LogP contribution in [0.5, 0.6) is 17.2 Å². The minimum absolute atomic E-state index is 0.0391. The first-order valence-corrected chi connectivity index (χ1v) is 9.31.